The van der Waals surface area contributed by atoms with Crippen molar-refractivity contribution in [2.24, 2.45) is 11.8 Å². The number of likely N-dealkylation sites (tertiary alicyclic amines) is 1. The number of rotatable bonds is 3. The van der Waals surface area contributed by atoms with Crippen LogP contribution in [0.25, 0.3) is 0 Å². The van der Waals surface area contributed by atoms with Crippen LogP contribution < -0.4 is 0 Å². The van der Waals surface area contributed by atoms with Gasteiger partial charge in [-0.1, -0.05) is 13.8 Å². The number of amides is 2. The Morgan fingerprint density at radius 1 is 1.50 bits per heavy atom. The summed E-state index contributed by atoms with van der Waals surface area (Å²) in [5.74, 6) is -0.648. The number of nitrogens with zero attached hydrogens (tertiary/aromatic N) is 1. The average molecular weight is 197 g/mol. The standard InChI is InChI=1S/C10H15NO3/c1-6(2)8-4-9(13)11(10(8)14)5-7(3)12/h6,8H,4-5H2,1-3H3. The second kappa shape index (κ2) is 3.90. The molecule has 1 aliphatic heterocycles. The molecule has 1 fully saturated rings. The molecule has 4 nitrogen and oxygen atoms in total. The summed E-state index contributed by atoms with van der Waals surface area (Å²) in [5, 5.41) is 0. The van der Waals surface area contributed by atoms with E-state index >= 15 is 0 Å². The third-order valence-electron chi connectivity index (χ3n) is 2.46. The van der Waals surface area contributed by atoms with E-state index in [4.69, 9.17) is 0 Å². The Kier molecular flexibility index (Phi) is 3.03. The van der Waals surface area contributed by atoms with Gasteiger partial charge in [-0.05, 0) is 12.8 Å². The van der Waals surface area contributed by atoms with Crippen molar-refractivity contribution < 1.29 is 14.4 Å². The van der Waals surface area contributed by atoms with E-state index in [1.807, 2.05) is 13.8 Å². The number of carbonyl (C=O) groups excluding carboxylic acids is 3. The lowest BCUT2D eigenvalue weighted by molar-refractivity contribution is -0.142. The molecule has 2 amide bonds. The Labute approximate surface area is 83.3 Å². The summed E-state index contributed by atoms with van der Waals surface area (Å²) in [6.07, 6.45) is 0.254. The Bertz CT molecular complexity index is 283. The van der Waals surface area contributed by atoms with Gasteiger partial charge in [-0.15, -0.1) is 0 Å². The van der Waals surface area contributed by atoms with E-state index < -0.39 is 0 Å². The molecule has 0 saturated carbocycles. The molecule has 0 aromatic heterocycles. The summed E-state index contributed by atoms with van der Waals surface area (Å²) in [4.78, 5) is 34.9. The summed E-state index contributed by atoms with van der Waals surface area (Å²) >= 11 is 0. The molecule has 0 aromatic carbocycles. The molecule has 0 aromatic rings. The summed E-state index contributed by atoms with van der Waals surface area (Å²) in [7, 11) is 0. The Hall–Kier alpha value is -1.19. The summed E-state index contributed by atoms with van der Waals surface area (Å²) in [6.45, 7) is 5.13. The fourth-order valence-corrected chi connectivity index (χ4v) is 1.62. The third kappa shape index (κ3) is 2.00. The Balaban J connectivity index is 2.75. The SMILES string of the molecule is CC(=O)CN1C(=O)CC(C(C)C)C1=O. The van der Waals surface area contributed by atoms with Gasteiger partial charge in [0.2, 0.25) is 11.8 Å². The van der Waals surface area contributed by atoms with Crippen molar-refractivity contribution >= 4 is 17.6 Å². The molecule has 1 atom stereocenters. The normalized spacial score (nSPS) is 22.3. The third-order valence-corrected chi connectivity index (χ3v) is 2.46. The lowest BCUT2D eigenvalue weighted by Crippen LogP contribution is -2.35. The lowest BCUT2D eigenvalue weighted by atomic mass is 9.94. The van der Waals surface area contributed by atoms with Crippen LogP contribution in [0.5, 0.6) is 0 Å². The van der Waals surface area contributed by atoms with E-state index in [-0.39, 0.29) is 42.4 Å². The minimum absolute atomic E-state index is 0.0686. The zero-order valence-corrected chi connectivity index (χ0v) is 8.74. The maximum atomic E-state index is 11.6. The minimum Gasteiger partial charge on any atom is -0.298 e. The Morgan fingerprint density at radius 3 is 2.43 bits per heavy atom. The highest BCUT2D eigenvalue weighted by Gasteiger charge is 2.40. The number of Topliss-reactive ketones (excluding diaryl/α,β-unsaturated/α-hetero) is 1. The van der Waals surface area contributed by atoms with Crippen LogP contribution in [-0.4, -0.2) is 29.0 Å². The van der Waals surface area contributed by atoms with Gasteiger partial charge in [-0.25, -0.2) is 0 Å². The maximum absolute atomic E-state index is 11.6. The van der Waals surface area contributed by atoms with Crippen LogP contribution in [0.1, 0.15) is 27.2 Å². The smallest absolute Gasteiger partial charge is 0.233 e. The van der Waals surface area contributed by atoms with E-state index in [1.54, 1.807) is 0 Å². The van der Waals surface area contributed by atoms with Gasteiger partial charge in [-0.3, -0.25) is 19.3 Å². The molecular formula is C10H15NO3. The molecule has 78 valence electrons. The Morgan fingerprint density at radius 2 is 2.07 bits per heavy atom. The van der Waals surface area contributed by atoms with Crippen LogP contribution in [0.2, 0.25) is 0 Å². The number of hydrogen-bond acceptors (Lipinski definition) is 3. The molecule has 0 N–H and O–H groups in total. The quantitative estimate of drug-likeness (QED) is 0.623. The summed E-state index contributed by atoms with van der Waals surface area (Å²) < 4.78 is 0. The van der Waals surface area contributed by atoms with E-state index in [0.29, 0.717) is 0 Å². The molecule has 1 unspecified atom stereocenters. The van der Waals surface area contributed by atoms with Crippen molar-refractivity contribution in [1.82, 2.24) is 4.90 Å². The monoisotopic (exact) mass is 197 g/mol. The van der Waals surface area contributed by atoms with Crippen molar-refractivity contribution in [2.75, 3.05) is 6.54 Å². The number of ketones is 1. The predicted molar refractivity (Wildman–Crippen MR) is 50.3 cm³/mol. The number of imide groups is 1. The molecule has 0 spiro atoms. The molecule has 1 aliphatic rings. The molecule has 1 rings (SSSR count). The minimum atomic E-state index is -0.234. The van der Waals surface area contributed by atoms with Crippen LogP contribution in [0.15, 0.2) is 0 Å². The van der Waals surface area contributed by atoms with Crippen molar-refractivity contribution in [3.05, 3.63) is 0 Å². The largest absolute Gasteiger partial charge is 0.298 e. The molecule has 0 radical (unpaired) electrons. The van der Waals surface area contributed by atoms with E-state index in [9.17, 15) is 14.4 Å². The second-order valence-electron chi connectivity index (χ2n) is 4.07. The average Bonchev–Trinajstić information content (AvgIpc) is 2.31. The van der Waals surface area contributed by atoms with Crippen LogP contribution >= 0.6 is 0 Å². The first kappa shape index (κ1) is 10.9. The molecule has 14 heavy (non-hydrogen) atoms. The van der Waals surface area contributed by atoms with Gasteiger partial charge in [0.05, 0.1) is 6.54 Å². The lowest BCUT2D eigenvalue weighted by Gasteiger charge is -2.14. The molecule has 1 heterocycles. The predicted octanol–water partition coefficient (Wildman–Crippen LogP) is 0.606. The first-order valence-corrected chi connectivity index (χ1v) is 4.77. The van der Waals surface area contributed by atoms with Crippen molar-refractivity contribution in [3.8, 4) is 0 Å². The van der Waals surface area contributed by atoms with Gasteiger partial charge < -0.3 is 0 Å². The van der Waals surface area contributed by atoms with Gasteiger partial charge >= 0.3 is 0 Å². The molecule has 0 aliphatic carbocycles. The fourth-order valence-electron chi connectivity index (χ4n) is 1.62. The summed E-state index contributed by atoms with van der Waals surface area (Å²) in [5.41, 5.74) is 0. The zero-order valence-electron chi connectivity index (χ0n) is 8.74. The van der Waals surface area contributed by atoms with Gasteiger partial charge in [0.25, 0.3) is 0 Å². The molecule has 0 bridgehead atoms. The fraction of sp³-hybridized carbons (Fsp3) is 0.700. The molecular weight excluding hydrogens is 182 g/mol. The first-order valence-electron chi connectivity index (χ1n) is 4.77. The van der Waals surface area contributed by atoms with Crippen molar-refractivity contribution in [3.63, 3.8) is 0 Å². The number of hydrogen-bond donors (Lipinski definition) is 0. The molecule has 1 saturated heterocycles. The van der Waals surface area contributed by atoms with Crippen LogP contribution in [0.4, 0.5) is 0 Å². The highest BCUT2D eigenvalue weighted by Crippen LogP contribution is 2.25. The van der Waals surface area contributed by atoms with Crippen LogP contribution in [0.3, 0.4) is 0 Å². The van der Waals surface area contributed by atoms with Gasteiger partial charge in [0.1, 0.15) is 5.78 Å². The topological polar surface area (TPSA) is 54.5 Å². The van der Waals surface area contributed by atoms with E-state index in [0.717, 1.165) is 4.90 Å². The van der Waals surface area contributed by atoms with Crippen molar-refractivity contribution in [1.29, 1.82) is 0 Å². The maximum Gasteiger partial charge on any atom is 0.233 e. The highest BCUT2D eigenvalue weighted by atomic mass is 16.2. The van der Waals surface area contributed by atoms with Gasteiger partial charge in [-0.2, -0.15) is 0 Å². The van der Waals surface area contributed by atoms with E-state index in [2.05, 4.69) is 0 Å². The molecule has 4 heteroatoms. The van der Waals surface area contributed by atoms with Gasteiger partial charge in [0, 0.05) is 12.3 Å². The highest BCUT2D eigenvalue weighted by molar-refractivity contribution is 6.05. The first-order chi connectivity index (χ1) is 6.43. The van der Waals surface area contributed by atoms with E-state index in [1.165, 1.54) is 6.92 Å². The van der Waals surface area contributed by atoms with Crippen LogP contribution in [-0.2, 0) is 14.4 Å². The van der Waals surface area contributed by atoms with Crippen LogP contribution in [0, 0.1) is 11.8 Å². The van der Waals surface area contributed by atoms with Crippen molar-refractivity contribution in [2.45, 2.75) is 27.2 Å². The zero-order chi connectivity index (χ0) is 10.9. The second-order valence-corrected chi connectivity index (χ2v) is 4.07. The number of carbonyl (C=O) groups is 3. The van der Waals surface area contributed by atoms with Gasteiger partial charge in [0.15, 0.2) is 0 Å². The summed E-state index contributed by atoms with van der Waals surface area (Å²) in [6, 6.07) is 0.